The minimum absolute atomic E-state index is 0.163. The van der Waals surface area contributed by atoms with Crippen LogP contribution in [0.2, 0.25) is 0 Å². The highest BCUT2D eigenvalue weighted by Crippen LogP contribution is 2.24. The van der Waals surface area contributed by atoms with Gasteiger partial charge in [-0.1, -0.05) is 6.92 Å². The first-order chi connectivity index (χ1) is 7.85. The summed E-state index contributed by atoms with van der Waals surface area (Å²) in [6.07, 6.45) is -3.29. The fourth-order valence-electron chi connectivity index (χ4n) is 0.907. The number of nitrogens with zero attached hydrogens (tertiary/aromatic N) is 2. The zero-order chi connectivity index (χ0) is 13.1. The van der Waals surface area contributed by atoms with Crippen molar-refractivity contribution in [3.63, 3.8) is 0 Å². The molecule has 8 heteroatoms. The van der Waals surface area contributed by atoms with Crippen molar-refractivity contribution in [3.05, 3.63) is 16.5 Å². The molecule has 0 bridgehead atoms. The molecule has 96 valence electrons. The quantitative estimate of drug-likeness (QED) is 0.618. The summed E-state index contributed by atoms with van der Waals surface area (Å²) in [5.74, 6) is -3.98. The van der Waals surface area contributed by atoms with Crippen molar-refractivity contribution in [3.8, 4) is 5.88 Å². The first-order valence-corrected chi connectivity index (χ1v) is 5.46. The molecule has 1 aromatic heterocycles. The molecule has 0 aliphatic rings. The molecule has 1 heterocycles. The average Bonchev–Trinajstić information content (AvgIpc) is 2.25. The van der Waals surface area contributed by atoms with Crippen molar-refractivity contribution in [2.75, 3.05) is 6.61 Å². The summed E-state index contributed by atoms with van der Waals surface area (Å²) < 4.78 is 53.8. The fraction of sp³-hybridized carbons (Fsp3) is 0.556. The molecule has 0 radical (unpaired) electrons. The van der Waals surface area contributed by atoms with Gasteiger partial charge in [-0.2, -0.15) is 13.8 Å². The van der Waals surface area contributed by atoms with Crippen LogP contribution in [0.5, 0.6) is 5.88 Å². The number of halogens is 5. The molecule has 0 saturated heterocycles. The zero-order valence-corrected chi connectivity index (χ0v) is 10.3. The highest BCUT2D eigenvalue weighted by Gasteiger charge is 2.41. The number of hydrogen-bond acceptors (Lipinski definition) is 3. The number of aryl methyl sites for hydroxylation is 1. The van der Waals surface area contributed by atoms with Gasteiger partial charge in [-0.05, 0) is 15.9 Å². The Hall–Kier alpha value is -0.920. The van der Waals surface area contributed by atoms with Gasteiger partial charge >= 0.3 is 12.3 Å². The molecule has 0 aromatic carbocycles. The van der Waals surface area contributed by atoms with Gasteiger partial charge in [-0.15, -0.1) is 0 Å². The summed E-state index contributed by atoms with van der Waals surface area (Å²) >= 11 is 3.04. The topological polar surface area (TPSA) is 35.0 Å². The maximum Gasteiger partial charge on any atom is 0.340 e. The molecule has 3 nitrogen and oxygen atoms in total. The Morgan fingerprint density at radius 3 is 2.59 bits per heavy atom. The average molecular weight is 317 g/mol. The number of hydrogen-bond donors (Lipinski definition) is 0. The molecule has 0 spiro atoms. The predicted octanol–water partition coefficient (Wildman–Crippen LogP) is 3.08. The molecule has 0 N–H and O–H groups in total. The highest BCUT2D eigenvalue weighted by atomic mass is 79.9. The molecule has 0 saturated carbocycles. The molecule has 0 amide bonds. The van der Waals surface area contributed by atoms with Crippen molar-refractivity contribution in [2.24, 2.45) is 0 Å². The van der Waals surface area contributed by atoms with Crippen molar-refractivity contribution in [1.29, 1.82) is 0 Å². The second-order valence-corrected chi connectivity index (χ2v) is 3.96. The van der Waals surface area contributed by atoms with E-state index < -0.39 is 19.0 Å². The van der Waals surface area contributed by atoms with E-state index >= 15 is 0 Å². The van der Waals surface area contributed by atoms with Crippen LogP contribution in [-0.2, 0) is 6.42 Å². The maximum absolute atomic E-state index is 12.6. The van der Waals surface area contributed by atoms with E-state index in [1.54, 1.807) is 6.92 Å². The normalized spacial score (nSPS) is 11.9. The molecule has 0 aliphatic carbocycles. The van der Waals surface area contributed by atoms with E-state index in [0.717, 1.165) is 0 Å². The Labute approximate surface area is 103 Å². The second-order valence-electron chi connectivity index (χ2n) is 3.15. The predicted molar refractivity (Wildman–Crippen MR) is 55.6 cm³/mol. The van der Waals surface area contributed by atoms with Gasteiger partial charge in [-0.25, -0.2) is 13.8 Å². The van der Waals surface area contributed by atoms with Gasteiger partial charge in [0.05, 0.1) is 0 Å². The van der Waals surface area contributed by atoms with E-state index in [2.05, 4.69) is 30.6 Å². The second kappa shape index (κ2) is 5.61. The molecule has 0 unspecified atom stereocenters. The van der Waals surface area contributed by atoms with Gasteiger partial charge in [0.25, 0.3) is 0 Å². The Morgan fingerprint density at radius 2 is 2.06 bits per heavy atom. The summed E-state index contributed by atoms with van der Waals surface area (Å²) in [5, 5.41) is 0. The Balaban J connectivity index is 2.72. The van der Waals surface area contributed by atoms with Crippen molar-refractivity contribution >= 4 is 15.9 Å². The molecule has 0 aliphatic heterocycles. The third kappa shape index (κ3) is 4.10. The molecule has 0 atom stereocenters. The summed E-state index contributed by atoms with van der Waals surface area (Å²) in [6.45, 7) is 0.344. The first-order valence-electron chi connectivity index (χ1n) is 4.67. The van der Waals surface area contributed by atoms with E-state index in [1.807, 2.05) is 0 Å². The van der Waals surface area contributed by atoms with Crippen molar-refractivity contribution < 1.29 is 22.3 Å². The minimum atomic E-state index is -4.19. The van der Waals surface area contributed by atoms with E-state index in [-0.39, 0.29) is 5.88 Å². The van der Waals surface area contributed by atoms with Crippen molar-refractivity contribution in [2.45, 2.75) is 25.7 Å². The Bertz CT molecular complexity index is 389. The smallest absolute Gasteiger partial charge is 0.340 e. The van der Waals surface area contributed by atoms with Crippen LogP contribution in [0.4, 0.5) is 17.6 Å². The van der Waals surface area contributed by atoms with E-state index in [1.165, 1.54) is 6.07 Å². The van der Waals surface area contributed by atoms with Gasteiger partial charge in [0.2, 0.25) is 5.88 Å². The SMILES string of the molecule is CCc1nc(Br)cc(OCC(F)(F)C(F)F)n1. The monoisotopic (exact) mass is 316 g/mol. The molecule has 0 fully saturated rings. The van der Waals surface area contributed by atoms with Crippen molar-refractivity contribution in [1.82, 2.24) is 9.97 Å². The lowest BCUT2D eigenvalue weighted by molar-refractivity contribution is -0.148. The van der Waals surface area contributed by atoms with Gasteiger partial charge < -0.3 is 4.74 Å². The molecule has 17 heavy (non-hydrogen) atoms. The number of alkyl halides is 4. The van der Waals surface area contributed by atoms with Gasteiger partial charge in [0.1, 0.15) is 10.4 Å². The maximum atomic E-state index is 12.6. The minimum Gasteiger partial charge on any atom is -0.471 e. The lowest BCUT2D eigenvalue weighted by Gasteiger charge is -2.15. The fourth-order valence-corrected chi connectivity index (χ4v) is 1.31. The van der Waals surface area contributed by atoms with Crippen LogP contribution in [0.25, 0.3) is 0 Å². The largest absolute Gasteiger partial charge is 0.471 e. The Morgan fingerprint density at radius 1 is 1.41 bits per heavy atom. The number of aromatic nitrogens is 2. The van der Waals surface area contributed by atoms with Crippen LogP contribution < -0.4 is 4.74 Å². The van der Waals surface area contributed by atoms with Crippen LogP contribution in [0.3, 0.4) is 0 Å². The van der Waals surface area contributed by atoms with Crippen LogP contribution in [0, 0.1) is 0 Å². The zero-order valence-electron chi connectivity index (χ0n) is 8.76. The third-order valence-electron chi connectivity index (χ3n) is 1.77. The van der Waals surface area contributed by atoms with E-state index in [4.69, 9.17) is 0 Å². The lowest BCUT2D eigenvalue weighted by atomic mass is 10.4. The van der Waals surface area contributed by atoms with E-state index in [0.29, 0.717) is 16.8 Å². The number of ether oxygens (including phenoxy) is 1. The molecular weight excluding hydrogens is 308 g/mol. The summed E-state index contributed by atoms with van der Waals surface area (Å²) in [5.41, 5.74) is 0. The van der Waals surface area contributed by atoms with Crippen LogP contribution in [0.15, 0.2) is 10.7 Å². The molecular formula is C9H9BrF4N2O. The third-order valence-corrected chi connectivity index (χ3v) is 2.17. The number of rotatable bonds is 5. The summed E-state index contributed by atoms with van der Waals surface area (Å²) in [7, 11) is 0. The van der Waals surface area contributed by atoms with Crippen LogP contribution in [-0.4, -0.2) is 28.9 Å². The summed E-state index contributed by atoms with van der Waals surface area (Å²) in [4.78, 5) is 7.69. The van der Waals surface area contributed by atoms with Gasteiger partial charge in [-0.3, -0.25) is 0 Å². The molecule has 1 aromatic rings. The van der Waals surface area contributed by atoms with E-state index in [9.17, 15) is 17.6 Å². The van der Waals surface area contributed by atoms with Crippen LogP contribution in [0.1, 0.15) is 12.7 Å². The molecule has 1 rings (SSSR count). The highest BCUT2D eigenvalue weighted by molar-refractivity contribution is 9.10. The van der Waals surface area contributed by atoms with Gasteiger partial charge in [0, 0.05) is 12.5 Å². The Kier molecular flexibility index (Phi) is 4.67. The summed E-state index contributed by atoms with van der Waals surface area (Å²) in [6, 6.07) is 1.24. The standard InChI is InChI=1S/C9H9BrF4N2O/c1-2-6-15-5(10)3-7(16-6)17-4-9(13,14)8(11)12/h3,8H,2,4H2,1H3. The van der Waals surface area contributed by atoms with Gasteiger partial charge in [0.15, 0.2) is 6.61 Å². The van der Waals surface area contributed by atoms with Crippen LogP contribution >= 0.6 is 15.9 Å². The lowest BCUT2D eigenvalue weighted by Crippen LogP contribution is -2.34. The first kappa shape index (κ1) is 14.1.